The minimum Gasteiger partial charge on any atom is -0.481 e. The molecule has 1 atom stereocenters. The van der Waals surface area contributed by atoms with Crippen molar-refractivity contribution in [3.05, 3.63) is 65.9 Å². The average Bonchev–Trinajstić information content (AvgIpc) is 3.14. The summed E-state index contributed by atoms with van der Waals surface area (Å²) in [5.74, 6) is -1.09. The third-order valence-corrected chi connectivity index (χ3v) is 4.46. The molecule has 0 fully saturated rings. The van der Waals surface area contributed by atoms with Gasteiger partial charge in [0.15, 0.2) is 0 Å². The summed E-state index contributed by atoms with van der Waals surface area (Å²) in [6.45, 7) is 0. The number of hydrogen-bond donors (Lipinski definition) is 2. The number of hydrogen-bond acceptors (Lipinski definition) is 2. The Kier molecular flexibility index (Phi) is 3.34. The lowest BCUT2D eigenvalue weighted by atomic mass is 10.1. The number of para-hydroxylation sites is 2. The quantitative estimate of drug-likeness (QED) is 0.778. The molecule has 0 bridgehead atoms. The van der Waals surface area contributed by atoms with Crippen molar-refractivity contribution < 1.29 is 14.7 Å². The number of amides is 1. The summed E-state index contributed by atoms with van der Waals surface area (Å²) in [7, 11) is 0. The molecule has 2 aromatic carbocycles. The first kappa shape index (κ1) is 14.5. The van der Waals surface area contributed by atoms with Gasteiger partial charge in [-0.1, -0.05) is 36.4 Å². The number of nitrogens with one attached hydrogen (secondary N) is 1. The molecule has 2 heterocycles. The van der Waals surface area contributed by atoms with Gasteiger partial charge in [0.1, 0.15) is 5.69 Å². The summed E-state index contributed by atoms with van der Waals surface area (Å²) in [6.07, 6.45) is 0.495. The Hall–Kier alpha value is -3.08. The summed E-state index contributed by atoms with van der Waals surface area (Å²) in [4.78, 5) is 29.0. The number of H-pyrrole nitrogens is 1. The fourth-order valence-corrected chi connectivity index (χ4v) is 3.42. The SMILES string of the molecule is O=C(O)CC1Cc2ccccc2N1C(=O)c1cc2ccccc2[nH]1. The first-order chi connectivity index (χ1) is 11.6. The van der Waals surface area contributed by atoms with Crippen LogP contribution in [0.4, 0.5) is 5.69 Å². The van der Waals surface area contributed by atoms with E-state index in [2.05, 4.69) is 4.98 Å². The van der Waals surface area contributed by atoms with Crippen LogP contribution in [0.3, 0.4) is 0 Å². The van der Waals surface area contributed by atoms with Crippen LogP contribution in [0.15, 0.2) is 54.6 Å². The molecule has 3 aromatic rings. The van der Waals surface area contributed by atoms with Gasteiger partial charge in [-0.05, 0) is 30.2 Å². The summed E-state index contributed by atoms with van der Waals surface area (Å²) < 4.78 is 0. The zero-order chi connectivity index (χ0) is 16.7. The van der Waals surface area contributed by atoms with Crippen LogP contribution in [0.1, 0.15) is 22.5 Å². The zero-order valence-corrected chi connectivity index (χ0v) is 12.9. The van der Waals surface area contributed by atoms with Crippen LogP contribution >= 0.6 is 0 Å². The van der Waals surface area contributed by atoms with Crippen LogP contribution in [-0.4, -0.2) is 28.0 Å². The summed E-state index contributed by atoms with van der Waals surface area (Å²) in [5.41, 5.74) is 3.17. The fourth-order valence-electron chi connectivity index (χ4n) is 3.42. The smallest absolute Gasteiger partial charge is 0.305 e. The van der Waals surface area contributed by atoms with Gasteiger partial charge in [-0.25, -0.2) is 0 Å². The molecule has 4 rings (SSSR count). The van der Waals surface area contributed by atoms with E-state index in [0.29, 0.717) is 12.1 Å². The van der Waals surface area contributed by atoms with Crippen LogP contribution in [0, 0.1) is 0 Å². The van der Waals surface area contributed by atoms with E-state index >= 15 is 0 Å². The minimum atomic E-state index is -0.901. The van der Waals surface area contributed by atoms with E-state index in [1.807, 2.05) is 54.6 Å². The second kappa shape index (κ2) is 5.53. The Morgan fingerprint density at radius 3 is 2.67 bits per heavy atom. The van der Waals surface area contributed by atoms with Gasteiger partial charge in [0.2, 0.25) is 0 Å². The van der Waals surface area contributed by atoms with Crippen molar-refractivity contribution in [2.24, 2.45) is 0 Å². The third kappa shape index (κ3) is 2.34. The predicted octanol–water partition coefficient (Wildman–Crippen LogP) is 3.21. The topological polar surface area (TPSA) is 73.4 Å². The molecular weight excluding hydrogens is 304 g/mol. The van der Waals surface area contributed by atoms with Crippen molar-refractivity contribution in [1.82, 2.24) is 4.98 Å². The molecule has 0 aliphatic carbocycles. The van der Waals surface area contributed by atoms with Crippen LogP contribution < -0.4 is 4.90 Å². The van der Waals surface area contributed by atoms with E-state index in [9.17, 15) is 14.7 Å². The summed E-state index contributed by atoms with van der Waals surface area (Å²) in [6, 6.07) is 16.7. The van der Waals surface area contributed by atoms with E-state index in [0.717, 1.165) is 22.2 Å². The lowest BCUT2D eigenvalue weighted by Gasteiger charge is -2.24. The van der Waals surface area contributed by atoms with Gasteiger partial charge in [0, 0.05) is 16.6 Å². The number of aromatic nitrogens is 1. The first-order valence-corrected chi connectivity index (χ1v) is 7.84. The summed E-state index contributed by atoms with van der Waals surface area (Å²) in [5, 5.41) is 10.2. The molecule has 0 saturated carbocycles. The molecule has 1 aliphatic heterocycles. The molecule has 120 valence electrons. The van der Waals surface area contributed by atoms with Gasteiger partial charge < -0.3 is 15.0 Å². The molecule has 1 unspecified atom stereocenters. The Labute approximate surface area is 138 Å². The maximum Gasteiger partial charge on any atom is 0.305 e. The van der Waals surface area contributed by atoms with Crippen LogP contribution in [0.25, 0.3) is 10.9 Å². The van der Waals surface area contributed by atoms with E-state index < -0.39 is 5.97 Å². The van der Waals surface area contributed by atoms with Gasteiger partial charge >= 0.3 is 5.97 Å². The number of carboxylic acids is 1. The third-order valence-electron chi connectivity index (χ3n) is 4.46. The number of anilines is 1. The van der Waals surface area contributed by atoms with Crippen LogP contribution in [-0.2, 0) is 11.2 Å². The molecule has 1 aromatic heterocycles. The number of aromatic amines is 1. The van der Waals surface area contributed by atoms with Gasteiger partial charge in [-0.15, -0.1) is 0 Å². The highest BCUT2D eigenvalue weighted by Crippen LogP contribution is 2.34. The second-order valence-corrected chi connectivity index (χ2v) is 6.03. The average molecular weight is 320 g/mol. The molecule has 0 saturated heterocycles. The molecular formula is C19H16N2O3. The number of rotatable bonds is 3. The highest BCUT2D eigenvalue weighted by atomic mass is 16.4. The van der Waals surface area contributed by atoms with Crippen molar-refractivity contribution in [3.63, 3.8) is 0 Å². The molecule has 24 heavy (non-hydrogen) atoms. The second-order valence-electron chi connectivity index (χ2n) is 6.03. The number of fused-ring (bicyclic) bond motifs is 2. The van der Waals surface area contributed by atoms with Gasteiger partial charge in [0.25, 0.3) is 5.91 Å². The number of carbonyl (C=O) groups excluding carboxylic acids is 1. The number of aliphatic carboxylic acids is 1. The van der Waals surface area contributed by atoms with Crippen molar-refractivity contribution in [2.45, 2.75) is 18.9 Å². The summed E-state index contributed by atoms with van der Waals surface area (Å²) >= 11 is 0. The molecule has 1 aliphatic rings. The standard InChI is InChI=1S/C19H16N2O3/c22-18(23)11-14-9-13-6-2-4-8-17(13)21(14)19(24)16-10-12-5-1-3-7-15(12)20-16/h1-8,10,14,20H,9,11H2,(H,22,23). The van der Waals surface area contributed by atoms with Gasteiger partial charge in [-0.2, -0.15) is 0 Å². The lowest BCUT2D eigenvalue weighted by Crippen LogP contribution is -2.39. The van der Waals surface area contributed by atoms with E-state index in [-0.39, 0.29) is 18.4 Å². The molecule has 2 N–H and O–H groups in total. The van der Waals surface area contributed by atoms with E-state index in [1.165, 1.54) is 0 Å². The minimum absolute atomic E-state index is 0.0688. The molecule has 0 spiro atoms. The molecule has 5 nitrogen and oxygen atoms in total. The van der Waals surface area contributed by atoms with Crippen molar-refractivity contribution in [2.75, 3.05) is 4.90 Å². The van der Waals surface area contributed by atoms with Crippen molar-refractivity contribution in [3.8, 4) is 0 Å². The molecule has 0 radical (unpaired) electrons. The predicted molar refractivity (Wildman–Crippen MR) is 91.3 cm³/mol. The fraction of sp³-hybridized carbons (Fsp3) is 0.158. The maximum atomic E-state index is 13.1. The van der Waals surface area contributed by atoms with Gasteiger partial charge in [-0.3, -0.25) is 9.59 Å². The Bertz CT molecular complexity index is 911. The zero-order valence-electron chi connectivity index (χ0n) is 12.9. The van der Waals surface area contributed by atoms with E-state index in [1.54, 1.807) is 4.90 Å². The number of nitrogens with zero attached hydrogens (tertiary/aromatic N) is 1. The Morgan fingerprint density at radius 2 is 1.88 bits per heavy atom. The lowest BCUT2D eigenvalue weighted by molar-refractivity contribution is -0.137. The maximum absolute atomic E-state index is 13.1. The normalized spacial score (nSPS) is 16.3. The van der Waals surface area contributed by atoms with Crippen LogP contribution in [0.5, 0.6) is 0 Å². The van der Waals surface area contributed by atoms with Gasteiger partial charge in [0.05, 0.1) is 12.5 Å². The molecule has 5 heteroatoms. The monoisotopic (exact) mass is 320 g/mol. The first-order valence-electron chi connectivity index (χ1n) is 7.84. The number of carboxylic acid groups (broad SMARTS) is 1. The highest BCUT2D eigenvalue weighted by molar-refractivity contribution is 6.09. The van der Waals surface area contributed by atoms with Crippen molar-refractivity contribution in [1.29, 1.82) is 0 Å². The van der Waals surface area contributed by atoms with Crippen LogP contribution in [0.2, 0.25) is 0 Å². The van der Waals surface area contributed by atoms with Crippen molar-refractivity contribution >= 4 is 28.5 Å². The Morgan fingerprint density at radius 1 is 1.12 bits per heavy atom. The highest BCUT2D eigenvalue weighted by Gasteiger charge is 2.35. The van der Waals surface area contributed by atoms with E-state index in [4.69, 9.17) is 0 Å². The number of benzene rings is 2. The molecule has 1 amide bonds. The number of carbonyl (C=O) groups is 2. The largest absolute Gasteiger partial charge is 0.481 e. The Balaban J connectivity index is 1.76.